The lowest BCUT2D eigenvalue weighted by molar-refractivity contribution is -0.159. The number of nitrogens with one attached hydrogen (secondary N) is 4. The lowest BCUT2D eigenvalue weighted by Crippen LogP contribution is -2.46. The van der Waals surface area contributed by atoms with E-state index in [0.29, 0.717) is 13.1 Å². The van der Waals surface area contributed by atoms with E-state index in [1.807, 2.05) is 0 Å². The first-order valence-corrected chi connectivity index (χ1v) is 13.3. The van der Waals surface area contributed by atoms with Gasteiger partial charge in [-0.05, 0) is 24.7 Å². The van der Waals surface area contributed by atoms with Crippen molar-refractivity contribution in [3.63, 3.8) is 0 Å². The predicted octanol–water partition coefficient (Wildman–Crippen LogP) is 1.43. The van der Waals surface area contributed by atoms with Crippen LogP contribution in [0.5, 0.6) is 0 Å². The Balaban J connectivity index is 3.84. The third kappa shape index (κ3) is 14.5. The number of amides is 4. The first-order chi connectivity index (χ1) is 17.8. The molecule has 0 aromatic rings. The molecule has 0 spiro atoms. The van der Waals surface area contributed by atoms with Gasteiger partial charge in [0.05, 0.1) is 24.9 Å². The van der Waals surface area contributed by atoms with Gasteiger partial charge in [-0.2, -0.15) is 0 Å². The number of carboxylic acids is 2. The van der Waals surface area contributed by atoms with Crippen LogP contribution < -0.4 is 21.3 Å². The Morgan fingerprint density at radius 2 is 1.00 bits per heavy atom. The summed E-state index contributed by atoms with van der Waals surface area (Å²) in [5.74, 6) is -4.12. The Bertz CT molecular complexity index is 790. The van der Waals surface area contributed by atoms with Crippen LogP contribution in [0.1, 0.15) is 85.5 Å². The molecule has 0 aliphatic rings. The number of carboxylic acid groups (broad SMARTS) is 2. The average molecular weight is 543 g/mol. The van der Waals surface area contributed by atoms with Crippen LogP contribution in [0, 0.1) is 17.3 Å². The number of carbonyl (C=O) groups excluding carboxylic acids is 4. The van der Waals surface area contributed by atoms with E-state index in [-0.39, 0.29) is 56.0 Å². The van der Waals surface area contributed by atoms with Crippen LogP contribution in [-0.4, -0.2) is 72.0 Å². The number of aliphatic carboxylic acids is 2. The summed E-state index contributed by atoms with van der Waals surface area (Å²) in [6, 6.07) is 0. The zero-order valence-corrected chi connectivity index (χ0v) is 23.2. The van der Waals surface area contributed by atoms with E-state index in [4.69, 9.17) is 5.11 Å². The first-order valence-electron chi connectivity index (χ1n) is 13.3. The Kier molecular flexibility index (Phi) is 17.4. The maximum atomic E-state index is 12.3. The van der Waals surface area contributed by atoms with E-state index in [1.165, 1.54) is 0 Å². The van der Waals surface area contributed by atoms with E-state index in [2.05, 4.69) is 21.3 Å². The van der Waals surface area contributed by atoms with Gasteiger partial charge in [0.1, 0.15) is 0 Å². The Morgan fingerprint density at radius 3 is 1.39 bits per heavy atom. The molecule has 0 atom stereocenters. The lowest BCUT2D eigenvalue weighted by Gasteiger charge is -2.36. The fourth-order valence-corrected chi connectivity index (χ4v) is 4.18. The molecule has 6 N–H and O–H groups in total. The summed E-state index contributed by atoms with van der Waals surface area (Å²) in [7, 11) is 0. The lowest BCUT2D eigenvalue weighted by atomic mass is 9.66. The number of hydrogen-bond donors (Lipinski definition) is 6. The molecule has 12 heteroatoms. The van der Waals surface area contributed by atoms with Crippen LogP contribution in [0.3, 0.4) is 0 Å². The third-order valence-electron chi connectivity index (χ3n) is 6.62. The average Bonchev–Trinajstić information content (AvgIpc) is 2.83. The van der Waals surface area contributed by atoms with Crippen molar-refractivity contribution in [2.24, 2.45) is 17.3 Å². The largest absolute Gasteiger partial charge is 0.481 e. The first kappa shape index (κ1) is 34.8. The monoisotopic (exact) mass is 542 g/mol. The molecule has 0 saturated heterocycles. The minimum absolute atomic E-state index is 0.158. The van der Waals surface area contributed by atoms with Crippen molar-refractivity contribution in [2.45, 2.75) is 85.5 Å². The molecule has 0 saturated carbocycles. The molecule has 0 aliphatic heterocycles. The summed E-state index contributed by atoms with van der Waals surface area (Å²) < 4.78 is 0. The SMILES string of the molecule is CC(C)C(CC(=O)NCC(=O)NCCCCCCCCNC(=O)CNC(=O)CCC(=O)O)(C(=O)O)C(C)C. The minimum atomic E-state index is -1.19. The van der Waals surface area contributed by atoms with E-state index < -0.39 is 29.2 Å². The smallest absolute Gasteiger partial charge is 0.310 e. The highest BCUT2D eigenvalue weighted by molar-refractivity contribution is 5.88. The van der Waals surface area contributed by atoms with Crippen molar-refractivity contribution < 1.29 is 39.0 Å². The van der Waals surface area contributed by atoms with Gasteiger partial charge in [0.25, 0.3) is 0 Å². The van der Waals surface area contributed by atoms with Gasteiger partial charge in [0.15, 0.2) is 0 Å². The molecule has 12 nitrogen and oxygen atoms in total. The molecule has 4 amide bonds. The van der Waals surface area contributed by atoms with Crippen molar-refractivity contribution in [3.05, 3.63) is 0 Å². The van der Waals surface area contributed by atoms with Crippen molar-refractivity contribution in [2.75, 3.05) is 26.2 Å². The minimum Gasteiger partial charge on any atom is -0.481 e. The number of carbonyl (C=O) groups is 6. The summed E-state index contributed by atoms with van der Waals surface area (Å²) in [5, 5.41) is 28.6. The number of rotatable bonds is 21. The summed E-state index contributed by atoms with van der Waals surface area (Å²) >= 11 is 0. The predicted molar refractivity (Wildman–Crippen MR) is 141 cm³/mol. The van der Waals surface area contributed by atoms with E-state index >= 15 is 0 Å². The van der Waals surface area contributed by atoms with Crippen LogP contribution in [0.2, 0.25) is 0 Å². The normalized spacial score (nSPS) is 11.2. The maximum Gasteiger partial charge on any atom is 0.310 e. The molecule has 0 aromatic heterocycles. The standard InChI is InChI=1S/C26H46N4O8/c1-18(2)26(19(3)4,25(37)38)15-21(32)30-17-23(34)28-14-10-8-6-5-7-9-13-27-22(33)16-29-20(31)11-12-24(35)36/h18-19H,5-17H2,1-4H3,(H,27,33)(H,28,34)(H,29,31)(H,30,32)(H,35,36)(H,37,38). The zero-order valence-electron chi connectivity index (χ0n) is 23.2. The van der Waals surface area contributed by atoms with Crippen LogP contribution in [-0.2, 0) is 28.8 Å². The van der Waals surface area contributed by atoms with Gasteiger partial charge in [0.2, 0.25) is 23.6 Å². The Morgan fingerprint density at radius 1 is 0.579 bits per heavy atom. The maximum absolute atomic E-state index is 12.3. The van der Waals surface area contributed by atoms with Gasteiger partial charge in [-0.25, -0.2) is 0 Å². The van der Waals surface area contributed by atoms with E-state index in [1.54, 1.807) is 27.7 Å². The van der Waals surface area contributed by atoms with Gasteiger partial charge in [-0.1, -0.05) is 53.4 Å². The molecule has 0 radical (unpaired) electrons. The molecule has 0 aliphatic carbocycles. The Hall–Kier alpha value is -3.18. The molecule has 0 fully saturated rings. The van der Waals surface area contributed by atoms with Gasteiger partial charge in [0, 0.05) is 25.9 Å². The van der Waals surface area contributed by atoms with Crippen molar-refractivity contribution in [1.82, 2.24) is 21.3 Å². The van der Waals surface area contributed by atoms with Gasteiger partial charge >= 0.3 is 11.9 Å². The molecule has 218 valence electrons. The van der Waals surface area contributed by atoms with Crippen LogP contribution >= 0.6 is 0 Å². The van der Waals surface area contributed by atoms with Gasteiger partial charge in [-0.3, -0.25) is 28.8 Å². The molecule has 0 unspecified atom stereocenters. The fourth-order valence-electron chi connectivity index (χ4n) is 4.18. The van der Waals surface area contributed by atoms with Crippen molar-refractivity contribution in [1.29, 1.82) is 0 Å². The highest BCUT2D eigenvalue weighted by atomic mass is 16.4. The second-order valence-electron chi connectivity index (χ2n) is 10.1. The molecule has 0 aromatic carbocycles. The molecule has 0 bridgehead atoms. The van der Waals surface area contributed by atoms with E-state index in [9.17, 15) is 33.9 Å². The van der Waals surface area contributed by atoms with Crippen LogP contribution in [0.15, 0.2) is 0 Å². The molecular formula is C26H46N4O8. The van der Waals surface area contributed by atoms with Gasteiger partial charge < -0.3 is 31.5 Å². The van der Waals surface area contributed by atoms with Crippen LogP contribution in [0.4, 0.5) is 0 Å². The summed E-state index contributed by atoms with van der Waals surface area (Å²) in [4.78, 5) is 69.6. The van der Waals surface area contributed by atoms with Crippen LogP contribution in [0.25, 0.3) is 0 Å². The zero-order chi connectivity index (χ0) is 29.1. The quantitative estimate of drug-likeness (QED) is 0.117. The summed E-state index contributed by atoms with van der Waals surface area (Å²) in [6.45, 7) is 7.75. The highest BCUT2D eigenvalue weighted by Crippen LogP contribution is 2.39. The molecule has 0 heterocycles. The number of unbranched alkanes of at least 4 members (excludes halogenated alkanes) is 5. The molecule has 38 heavy (non-hydrogen) atoms. The summed E-state index contributed by atoms with van der Waals surface area (Å²) in [5.41, 5.74) is -1.19. The third-order valence-corrected chi connectivity index (χ3v) is 6.62. The second kappa shape index (κ2) is 19.0. The van der Waals surface area contributed by atoms with Crippen molar-refractivity contribution >= 4 is 35.6 Å². The van der Waals surface area contributed by atoms with Gasteiger partial charge in [-0.15, -0.1) is 0 Å². The Labute approximate surface area is 225 Å². The fraction of sp³-hybridized carbons (Fsp3) is 0.769. The second-order valence-corrected chi connectivity index (χ2v) is 10.1. The topological polar surface area (TPSA) is 191 Å². The number of hydrogen-bond acceptors (Lipinski definition) is 6. The van der Waals surface area contributed by atoms with Crippen molar-refractivity contribution in [3.8, 4) is 0 Å². The highest BCUT2D eigenvalue weighted by Gasteiger charge is 2.46. The molecule has 0 rings (SSSR count). The summed E-state index contributed by atoms with van der Waals surface area (Å²) in [6.07, 6.45) is 4.78. The molecular weight excluding hydrogens is 496 g/mol. The van der Waals surface area contributed by atoms with E-state index in [0.717, 1.165) is 38.5 Å².